The molecule has 1 radical (unpaired) electrons. The maximum atomic E-state index is 12.2. The zero-order chi connectivity index (χ0) is 22.8. The van der Waals surface area contributed by atoms with Crippen LogP contribution in [0.3, 0.4) is 0 Å². The van der Waals surface area contributed by atoms with Crippen molar-refractivity contribution in [3.8, 4) is 0 Å². The van der Waals surface area contributed by atoms with Crippen LogP contribution < -0.4 is 5.19 Å². The molecule has 0 spiro atoms. The fourth-order valence-corrected chi connectivity index (χ4v) is 7.04. The van der Waals surface area contributed by atoms with E-state index in [1.807, 2.05) is 12.1 Å². The van der Waals surface area contributed by atoms with Crippen molar-refractivity contribution in [1.82, 2.24) is 0 Å². The Morgan fingerprint density at radius 3 is 1.77 bits per heavy atom. The van der Waals surface area contributed by atoms with Gasteiger partial charge >= 0.3 is 5.97 Å². The van der Waals surface area contributed by atoms with Crippen LogP contribution >= 0.6 is 0 Å². The Kier molecular flexibility index (Phi) is 15.3. The van der Waals surface area contributed by atoms with Gasteiger partial charge in [0.1, 0.15) is 8.07 Å². The number of hydrogen-bond donors (Lipinski definition) is 0. The van der Waals surface area contributed by atoms with Crippen LogP contribution in [0.5, 0.6) is 0 Å². The standard InChI is InChI=1S/C27H45O3Si/c1-5-9-10-11-12-13-14-15-16-17-18-19-24-29-30-27(28)25-20-22-26(23-21-25)31(6-2,7-3)8-4/h6,20-23H,1-2,5,7-19,24H2,3-4H3. The van der Waals surface area contributed by atoms with Gasteiger partial charge in [-0.2, -0.15) is 4.89 Å². The molecule has 0 amide bonds. The maximum absolute atomic E-state index is 12.2. The Morgan fingerprint density at radius 2 is 1.32 bits per heavy atom. The van der Waals surface area contributed by atoms with Crippen LogP contribution in [0.15, 0.2) is 36.5 Å². The number of benzene rings is 1. The summed E-state index contributed by atoms with van der Waals surface area (Å²) in [6.07, 6.45) is 15.0. The van der Waals surface area contributed by atoms with Crippen LogP contribution in [-0.4, -0.2) is 20.7 Å². The van der Waals surface area contributed by atoms with Crippen molar-refractivity contribution in [3.05, 3.63) is 49.0 Å². The second-order valence-electron chi connectivity index (χ2n) is 8.58. The highest BCUT2D eigenvalue weighted by Gasteiger charge is 2.27. The number of unbranched alkanes of at least 4 members (excludes halogenated alkanes) is 11. The summed E-state index contributed by atoms with van der Waals surface area (Å²) in [6.45, 7) is 12.9. The molecule has 1 aromatic rings. The first kappa shape index (κ1) is 27.6. The van der Waals surface area contributed by atoms with Crippen molar-refractivity contribution in [2.75, 3.05) is 6.61 Å². The molecule has 0 aliphatic carbocycles. The molecule has 0 bridgehead atoms. The number of hydrogen-bond acceptors (Lipinski definition) is 3. The van der Waals surface area contributed by atoms with E-state index in [2.05, 4.69) is 45.2 Å². The summed E-state index contributed by atoms with van der Waals surface area (Å²) in [5.74, 6) is -0.416. The molecule has 31 heavy (non-hydrogen) atoms. The van der Waals surface area contributed by atoms with Gasteiger partial charge in [-0.25, -0.2) is 4.79 Å². The maximum Gasteiger partial charge on any atom is 0.373 e. The van der Waals surface area contributed by atoms with E-state index in [-0.39, 0.29) is 0 Å². The van der Waals surface area contributed by atoms with Crippen LogP contribution in [0.4, 0.5) is 0 Å². The van der Waals surface area contributed by atoms with Gasteiger partial charge in [0.05, 0.1) is 12.2 Å². The molecule has 0 fully saturated rings. The first-order valence-electron chi connectivity index (χ1n) is 12.5. The second kappa shape index (κ2) is 17.2. The average molecular weight is 446 g/mol. The van der Waals surface area contributed by atoms with Gasteiger partial charge < -0.3 is 0 Å². The van der Waals surface area contributed by atoms with Crippen molar-refractivity contribution in [2.45, 2.75) is 103 Å². The third kappa shape index (κ3) is 10.6. The van der Waals surface area contributed by atoms with Crippen molar-refractivity contribution in [3.63, 3.8) is 0 Å². The highest BCUT2D eigenvalue weighted by atomic mass is 28.3. The van der Waals surface area contributed by atoms with E-state index in [1.165, 1.54) is 63.0 Å². The van der Waals surface area contributed by atoms with Gasteiger partial charge in [-0.3, -0.25) is 4.89 Å². The molecule has 175 valence electrons. The summed E-state index contributed by atoms with van der Waals surface area (Å²) >= 11 is 0. The Labute approximate surface area is 192 Å². The lowest BCUT2D eigenvalue weighted by Gasteiger charge is -2.25. The van der Waals surface area contributed by atoms with Crippen molar-refractivity contribution in [1.29, 1.82) is 0 Å². The lowest BCUT2D eigenvalue weighted by atomic mass is 10.1. The number of carbonyl (C=O) groups is 1. The molecule has 4 heteroatoms. The van der Waals surface area contributed by atoms with Crippen LogP contribution in [0, 0.1) is 6.92 Å². The third-order valence-electron chi connectivity index (χ3n) is 6.46. The molecule has 1 aromatic carbocycles. The molecule has 3 nitrogen and oxygen atoms in total. The molecule has 1 rings (SSSR count). The predicted octanol–water partition coefficient (Wildman–Crippen LogP) is 7.71. The Balaban J connectivity index is 2.10. The highest BCUT2D eigenvalue weighted by Crippen LogP contribution is 2.17. The molecule has 0 N–H and O–H groups in total. The van der Waals surface area contributed by atoms with Gasteiger partial charge in [-0.1, -0.05) is 127 Å². The van der Waals surface area contributed by atoms with E-state index in [0.29, 0.717) is 12.2 Å². The average Bonchev–Trinajstić information content (AvgIpc) is 2.81. The molecule has 0 aliphatic heterocycles. The molecule has 0 aromatic heterocycles. The first-order chi connectivity index (χ1) is 15.1. The summed E-state index contributed by atoms with van der Waals surface area (Å²) in [4.78, 5) is 22.3. The minimum absolute atomic E-state index is 0.416. The molecule has 0 saturated heterocycles. The molecule has 0 unspecified atom stereocenters. The summed E-state index contributed by atoms with van der Waals surface area (Å²) in [5, 5.41) is 1.32. The molecule has 0 atom stereocenters. The minimum atomic E-state index is -1.64. The molecular weight excluding hydrogens is 400 g/mol. The first-order valence-corrected chi connectivity index (χ1v) is 15.0. The van der Waals surface area contributed by atoms with E-state index in [4.69, 9.17) is 9.78 Å². The second-order valence-corrected chi connectivity index (χ2v) is 13.3. The number of carbonyl (C=O) groups excluding carboxylic acids is 1. The molecular formula is C27H45O3Si. The van der Waals surface area contributed by atoms with E-state index >= 15 is 0 Å². The molecule has 0 aliphatic rings. The van der Waals surface area contributed by atoms with Crippen molar-refractivity contribution < 1.29 is 14.6 Å². The molecule has 0 saturated carbocycles. The Hall–Kier alpha value is -1.39. The monoisotopic (exact) mass is 445 g/mol. The van der Waals surface area contributed by atoms with Gasteiger partial charge in [0.15, 0.2) is 0 Å². The Bertz CT molecular complexity index is 593. The SMILES string of the molecule is [CH2]CCCCCCCCCCCCCOOC(=O)c1ccc([Si](C=C)(CC)CC)cc1. The van der Waals surface area contributed by atoms with E-state index in [1.54, 1.807) is 0 Å². The minimum Gasteiger partial charge on any atom is -0.293 e. The fourth-order valence-electron chi connectivity index (χ4n) is 4.08. The van der Waals surface area contributed by atoms with Crippen molar-refractivity contribution in [2.24, 2.45) is 0 Å². The predicted molar refractivity (Wildman–Crippen MR) is 135 cm³/mol. The van der Waals surface area contributed by atoms with Gasteiger partial charge in [0, 0.05) is 0 Å². The quantitative estimate of drug-likeness (QED) is 0.0946. The Morgan fingerprint density at radius 1 is 0.839 bits per heavy atom. The van der Waals surface area contributed by atoms with Gasteiger partial charge in [0.2, 0.25) is 0 Å². The summed E-state index contributed by atoms with van der Waals surface area (Å²) in [7, 11) is -1.64. The van der Waals surface area contributed by atoms with Crippen LogP contribution in [0.1, 0.15) is 101 Å². The normalized spacial score (nSPS) is 11.5. The smallest absolute Gasteiger partial charge is 0.293 e. The third-order valence-corrected chi connectivity index (χ3v) is 11.2. The van der Waals surface area contributed by atoms with Gasteiger partial charge in [-0.15, -0.1) is 6.58 Å². The lowest BCUT2D eigenvalue weighted by molar-refractivity contribution is -0.241. The largest absolute Gasteiger partial charge is 0.373 e. The summed E-state index contributed by atoms with van der Waals surface area (Å²) < 4.78 is 0. The van der Waals surface area contributed by atoms with E-state index in [0.717, 1.165) is 31.4 Å². The lowest BCUT2D eigenvalue weighted by Crippen LogP contribution is -2.44. The van der Waals surface area contributed by atoms with Crippen LogP contribution in [-0.2, 0) is 9.78 Å². The van der Waals surface area contributed by atoms with Gasteiger partial charge in [0.25, 0.3) is 0 Å². The van der Waals surface area contributed by atoms with Crippen molar-refractivity contribution >= 4 is 19.2 Å². The summed E-state index contributed by atoms with van der Waals surface area (Å²) in [5.41, 5.74) is 2.69. The topological polar surface area (TPSA) is 35.5 Å². The summed E-state index contributed by atoms with van der Waals surface area (Å²) in [6, 6.07) is 10.0. The zero-order valence-corrected chi connectivity index (χ0v) is 21.1. The molecule has 0 heterocycles. The number of rotatable bonds is 19. The highest BCUT2D eigenvalue weighted by molar-refractivity contribution is 6.95. The van der Waals surface area contributed by atoms with Crippen LogP contribution in [0.2, 0.25) is 12.1 Å². The van der Waals surface area contributed by atoms with Gasteiger partial charge in [-0.05, 0) is 18.6 Å². The van der Waals surface area contributed by atoms with E-state index in [9.17, 15) is 4.79 Å². The van der Waals surface area contributed by atoms with E-state index < -0.39 is 14.0 Å². The van der Waals surface area contributed by atoms with Crippen LogP contribution in [0.25, 0.3) is 0 Å². The fraction of sp³-hybridized carbons (Fsp3) is 0.630. The zero-order valence-electron chi connectivity index (χ0n) is 20.1.